The topological polar surface area (TPSA) is 41.1 Å². The van der Waals surface area contributed by atoms with Crippen LogP contribution in [-0.2, 0) is 13.0 Å². The molecule has 0 aliphatic rings. The largest absolute Gasteiger partial charge is 0.334 e. The van der Waals surface area contributed by atoms with Gasteiger partial charge in [0.25, 0.3) is 0 Å². The second-order valence-electron chi connectivity index (χ2n) is 5.70. The molecule has 2 aromatic rings. The Morgan fingerprint density at radius 2 is 1.77 bits per heavy atom. The van der Waals surface area contributed by atoms with Crippen molar-refractivity contribution in [2.45, 2.75) is 40.7 Å². The summed E-state index contributed by atoms with van der Waals surface area (Å²) in [6.07, 6.45) is 0.897. The summed E-state index contributed by atoms with van der Waals surface area (Å²) >= 11 is 0. The van der Waals surface area contributed by atoms with Crippen LogP contribution < -0.4 is 10.6 Å². The fourth-order valence-corrected chi connectivity index (χ4v) is 2.58. The van der Waals surface area contributed by atoms with Gasteiger partial charge >= 0.3 is 6.03 Å². The van der Waals surface area contributed by atoms with Crippen molar-refractivity contribution < 1.29 is 4.79 Å². The minimum atomic E-state index is -0.163. The smallest absolute Gasteiger partial charge is 0.319 e. The lowest BCUT2D eigenvalue weighted by atomic mass is 10.1. The Bertz CT molecular complexity index is 677. The van der Waals surface area contributed by atoms with Crippen LogP contribution in [0.2, 0.25) is 0 Å². The quantitative estimate of drug-likeness (QED) is 0.857. The van der Waals surface area contributed by atoms with E-state index in [-0.39, 0.29) is 6.03 Å². The van der Waals surface area contributed by atoms with Crippen LogP contribution in [0.5, 0.6) is 0 Å². The third-order valence-corrected chi connectivity index (χ3v) is 3.92. The van der Waals surface area contributed by atoms with Crippen molar-refractivity contribution in [3.05, 3.63) is 64.2 Å². The van der Waals surface area contributed by atoms with Gasteiger partial charge < -0.3 is 10.6 Å². The van der Waals surface area contributed by atoms with E-state index in [1.807, 2.05) is 25.1 Å². The van der Waals surface area contributed by atoms with E-state index in [4.69, 9.17) is 0 Å². The van der Waals surface area contributed by atoms with Gasteiger partial charge in [0.2, 0.25) is 0 Å². The summed E-state index contributed by atoms with van der Waals surface area (Å²) in [4.78, 5) is 12.2. The van der Waals surface area contributed by atoms with E-state index in [0.29, 0.717) is 6.54 Å². The average Bonchev–Trinajstić information content (AvgIpc) is 2.48. The molecular weight excluding hydrogens is 272 g/mol. The molecule has 2 rings (SSSR count). The van der Waals surface area contributed by atoms with Crippen molar-refractivity contribution in [3.8, 4) is 0 Å². The molecule has 2 aromatic carbocycles. The van der Waals surface area contributed by atoms with E-state index in [0.717, 1.165) is 28.8 Å². The van der Waals surface area contributed by atoms with Crippen LogP contribution in [-0.4, -0.2) is 6.03 Å². The highest BCUT2D eigenvalue weighted by atomic mass is 16.2. The van der Waals surface area contributed by atoms with E-state index in [2.05, 4.69) is 49.6 Å². The fourth-order valence-electron chi connectivity index (χ4n) is 2.58. The third kappa shape index (κ3) is 3.88. The first-order valence-electron chi connectivity index (χ1n) is 7.70. The Morgan fingerprint density at radius 1 is 1.00 bits per heavy atom. The number of para-hydroxylation sites is 1. The number of carbonyl (C=O) groups excluding carboxylic acids is 1. The summed E-state index contributed by atoms with van der Waals surface area (Å²) in [6.45, 7) is 8.78. The molecule has 0 saturated carbocycles. The Labute approximate surface area is 132 Å². The number of urea groups is 1. The number of aryl methyl sites for hydroxylation is 4. The molecule has 0 atom stereocenters. The normalized spacial score (nSPS) is 10.4. The van der Waals surface area contributed by atoms with Gasteiger partial charge in [-0.3, -0.25) is 0 Å². The molecule has 116 valence electrons. The number of benzene rings is 2. The van der Waals surface area contributed by atoms with Gasteiger partial charge in [-0.25, -0.2) is 4.79 Å². The minimum Gasteiger partial charge on any atom is -0.334 e. The first kappa shape index (κ1) is 16.1. The van der Waals surface area contributed by atoms with Crippen LogP contribution in [0.4, 0.5) is 10.5 Å². The van der Waals surface area contributed by atoms with Gasteiger partial charge in [-0.15, -0.1) is 0 Å². The van der Waals surface area contributed by atoms with E-state index in [1.165, 1.54) is 11.1 Å². The predicted octanol–water partition coefficient (Wildman–Crippen LogP) is 4.50. The van der Waals surface area contributed by atoms with Gasteiger partial charge in [0.1, 0.15) is 0 Å². The second-order valence-corrected chi connectivity index (χ2v) is 5.70. The monoisotopic (exact) mass is 296 g/mol. The van der Waals surface area contributed by atoms with Crippen LogP contribution in [0, 0.1) is 20.8 Å². The molecule has 0 fully saturated rings. The van der Waals surface area contributed by atoms with Crippen molar-refractivity contribution in [2.24, 2.45) is 0 Å². The summed E-state index contributed by atoms with van der Waals surface area (Å²) < 4.78 is 0. The zero-order chi connectivity index (χ0) is 16.1. The lowest BCUT2D eigenvalue weighted by Gasteiger charge is -2.14. The second kappa shape index (κ2) is 7.12. The molecule has 0 heterocycles. The molecule has 0 unspecified atom stereocenters. The third-order valence-electron chi connectivity index (χ3n) is 3.92. The number of hydrogen-bond donors (Lipinski definition) is 2. The number of carbonyl (C=O) groups is 1. The van der Waals surface area contributed by atoms with E-state index in [1.54, 1.807) is 0 Å². The summed E-state index contributed by atoms with van der Waals surface area (Å²) in [6, 6.07) is 12.2. The molecular formula is C19H24N2O. The minimum absolute atomic E-state index is 0.163. The summed E-state index contributed by atoms with van der Waals surface area (Å²) in [5, 5.41) is 5.92. The van der Waals surface area contributed by atoms with Crippen molar-refractivity contribution in [3.63, 3.8) is 0 Å². The van der Waals surface area contributed by atoms with Crippen molar-refractivity contribution in [2.75, 3.05) is 5.32 Å². The first-order chi connectivity index (χ1) is 10.5. The lowest BCUT2D eigenvalue weighted by molar-refractivity contribution is 0.251. The molecule has 0 aliphatic carbocycles. The zero-order valence-electron chi connectivity index (χ0n) is 13.8. The fraction of sp³-hybridized carbons (Fsp3) is 0.316. The van der Waals surface area contributed by atoms with E-state index < -0.39 is 0 Å². The molecule has 3 heteroatoms. The van der Waals surface area contributed by atoms with Gasteiger partial charge in [0.15, 0.2) is 0 Å². The molecule has 0 aliphatic heterocycles. The highest BCUT2D eigenvalue weighted by molar-refractivity contribution is 5.91. The number of amides is 2. The maximum absolute atomic E-state index is 12.2. The molecule has 3 nitrogen and oxygen atoms in total. The Hall–Kier alpha value is -2.29. The summed E-state index contributed by atoms with van der Waals surface area (Å²) in [7, 11) is 0. The Morgan fingerprint density at radius 3 is 2.45 bits per heavy atom. The molecule has 0 spiro atoms. The van der Waals surface area contributed by atoms with Crippen molar-refractivity contribution in [1.82, 2.24) is 5.32 Å². The Kier molecular flexibility index (Phi) is 5.21. The van der Waals surface area contributed by atoms with Crippen molar-refractivity contribution >= 4 is 11.7 Å². The number of rotatable bonds is 4. The maximum Gasteiger partial charge on any atom is 0.319 e. The SMILES string of the molecule is CCc1cccc(C)c1NC(=O)NCc1ccc(C)cc1C. The number of nitrogens with one attached hydrogen (secondary N) is 2. The molecule has 0 aromatic heterocycles. The zero-order valence-corrected chi connectivity index (χ0v) is 13.8. The van der Waals surface area contributed by atoms with Crippen molar-refractivity contribution in [1.29, 1.82) is 0 Å². The van der Waals surface area contributed by atoms with Gasteiger partial charge in [-0.2, -0.15) is 0 Å². The summed E-state index contributed by atoms with van der Waals surface area (Å²) in [5.41, 5.74) is 6.73. The maximum atomic E-state index is 12.2. The standard InChI is InChI=1S/C19H24N2O/c1-5-16-8-6-7-14(3)18(16)21-19(22)20-12-17-10-9-13(2)11-15(17)4/h6-11H,5,12H2,1-4H3,(H2,20,21,22). The molecule has 0 saturated heterocycles. The molecule has 2 amide bonds. The average molecular weight is 296 g/mol. The van der Waals surface area contributed by atoms with E-state index >= 15 is 0 Å². The van der Waals surface area contributed by atoms with Crippen LogP contribution in [0.15, 0.2) is 36.4 Å². The lowest BCUT2D eigenvalue weighted by Crippen LogP contribution is -2.29. The number of anilines is 1. The van der Waals surface area contributed by atoms with Gasteiger partial charge in [0.05, 0.1) is 0 Å². The van der Waals surface area contributed by atoms with Crippen LogP contribution in [0.1, 0.15) is 34.7 Å². The molecule has 0 bridgehead atoms. The predicted molar refractivity (Wildman–Crippen MR) is 92.3 cm³/mol. The van der Waals surface area contributed by atoms with Crippen LogP contribution >= 0.6 is 0 Å². The molecule has 22 heavy (non-hydrogen) atoms. The number of hydrogen-bond acceptors (Lipinski definition) is 1. The Balaban J connectivity index is 2.02. The van der Waals surface area contributed by atoms with Crippen LogP contribution in [0.3, 0.4) is 0 Å². The van der Waals surface area contributed by atoms with E-state index in [9.17, 15) is 4.79 Å². The molecule has 2 N–H and O–H groups in total. The highest BCUT2D eigenvalue weighted by Gasteiger charge is 2.08. The van der Waals surface area contributed by atoms with Gasteiger partial charge in [0, 0.05) is 12.2 Å². The first-order valence-corrected chi connectivity index (χ1v) is 7.70. The summed E-state index contributed by atoms with van der Waals surface area (Å²) in [5.74, 6) is 0. The van der Waals surface area contributed by atoms with Gasteiger partial charge in [-0.05, 0) is 49.4 Å². The van der Waals surface area contributed by atoms with Gasteiger partial charge in [-0.1, -0.05) is 48.9 Å². The molecule has 0 radical (unpaired) electrons. The highest BCUT2D eigenvalue weighted by Crippen LogP contribution is 2.21. The van der Waals surface area contributed by atoms with Crippen LogP contribution in [0.25, 0.3) is 0 Å².